The van der Waals surface area contributed by atoms with Gasteiger partial charge < -0.3 is 14.5 Å². The summed E-state index contributed by atoms with van der Waals surface area (Å²) in [5.74, 6) is 0.713. The van der Waals surface area contributed by atoms with Gasteiger partial charge in [-0.1, -0.05) is 0 Å². The fourth-order valence-corrected chi connectivity index (χ4v) is 1.47. The van der Waals surface area contributed by atoms with Crippen LogP contribution in [-0.2, 0) is 4.74 Å². The normalized spacial score (nSPS) is 13.2. The van der Waals surface area contributed by atoms with E-state index in [1.54, 1.807) is 13.4 Å². The molecular weight excluding hydrogens is 238 g/mol. The molecule has 2 N–H and O–H groups in total. The summed E-state index contributed by atoms with van der Waals surface area (Å²) in [6, 6.07) is 3.79. The maximum Gasteiger partial charge on any atom is 0.187 e. The fraction of sp³-hybridized carbons (Fsp3) is 0.455. The zero-order valence-electron chi connectivity index (χ0n) is 10.2. The van der Waals surface area contributed by atoms with Gasteiger partial charge in [-0.2, -0.15) is 5.10 Å². The monoisotopic (exact) mass is 255 g/mol. The van der Waals surface area contributed by atoms with Crippen LogP contribution in [0.15, 0.2) is 27.9 Å². The molecule has 1 atom stereocenters. The first kappa shape index (κ1) is 13.7. The van der Waals surface area contributed by atoms with Crippen LogP contribution in [0.1, 0.15) is 19.6 Å². The van der Waals surface area contributed by atoms with E-state index in [4.69, 9.17) is 21.4 Å². The number of ether oxygens (including phenoxy) is 1. The fourth-order valence-electron chi connectivity index (χ4n) is 1.22. The number of hydrazone groups is 1. The van der Waals surface area contributed by atoms with Crippen molar-refractivity contribution in [2.75, 3.05) is 13.7 Å². The standard InChI is InChI=1S/C11H17N3O2S/c1-8(7-15-3)12-11(17)14-13-9(2)10-5-4-6-16-10/h4-6,8H,7H2,1-3H3,(H2,12,14,17)/b13-9-/t8-/m0/s1. The lowest BCUT2D eigenvalue weighted by molar-refractivity contribution is 0.179. The number of hydrogen-bond acceptors (Lipinski definition) is 4. The molecule has 0 unspecified atom stereocenters. The molecular formula is C11H17N3O2S. The van der Waals surface area contributed by atoms with Crippen molar-refractivity contribution in [1.82, 2.24) is 10.7 Å². The van der Waals surface area contributed by atoms with Crippen LogP contribution < -0.4 is 10.7 Å². The van der Waals surface area contributed by atoms with E-state index in [2.05, 4.69) is 15.8 Å². The summed E-state index contributed by atoms with van der Waals surface area (Å²) in [6.45, 7) is 4.40. The molecule has 94 valence electrons. The average molecular weight is 255 g/mol. The minimum Gasteiger partial charge on any atom is -0.463 e. The van der Waals surface area contributed by atoms with Gasteiger partial charge in [-0.3, -0.25) is 5.43 Å². The summed E-state index contributed by atoms with van der Waals surface area (Å²) in [5, 5.41) is 7.61. The molecule has 0 bridgehead atoms. The lowest BCUT2D eigenvalue weighted by Gasteiger charge is -2.14. The highest BCUT2D eigenvalue weighted by Crippen LogP contribution is 2.00. The van der Waals surface area contributed by atoms with Gasteiger partial charge in [0.2, 0.25) is 0 Å². The maximum atomic E-state index is 5.19. The van der Waals surface area contributed by atoms with E-state index in [1.165, 1.54) is 0 Å². The molecule has 5 nitrogen and oxygen atoms in total. The van der Waals surface area contributed by atoms with Crippen molar-refractivity contribution >= 4 is 23.0 Å². The van der Waals surface area contributed by atoms with Gasteiger partial charge in [-0.05, 0) is 38.2 Å². The van der Waals surface area contributed by atoms with E-state index in [-0.39, 0.29) is 6.04 Å². The third-order valence-corrected chi connectivity index (χ3v) is 2.21. The molecule has 1 rings (SSSR count). The minimum absolute atomic E-state index is 0.138. The number of hydrogen-bond donors (Lipinski definition) is 2. The molecule has 1 aromatic rings. The lowest BCUT2D eigenvalue weighted by atomic mass is 10.3. The van der Waals surface area contributed by atoms with Gasteiger partial charge in [0.15, 0.2) is 5.11 Å². The Bertz CT molecular complexity index is 376. The van der Waals surface area contributed by atoms with Gasteiger partial charge in [0.05, 0.1) is 12.9 Å². The second-order valence-electron chi connectivity index (χ2n) is 3.62. The Morgan fingerprint density at radius 1 is 1.65 bits per heavy atom. The number of methoxy groups -OCH3 is 1. The van der Waals surface area contributed by atoms with Gasteiger partial charge in [-0.25, -0.2) is 0 Å². The Morgan fingerprint density at radius 2 is 2.41 bits per heavy atom. The van der Waals surface area contributed by atoms with Crippen molar-refractivity contribution in [2.45, 2.75) is 19.9 Å². The molecule has 0 aliphatic rings. The smallest absolute Gasteiger partial charge is 0.187 e. The highest BCUT2D eigenvalue weighted by Gasteiger charge is 2.03. The summed E-state index contributed by atoms with van der Waals surface area (Å²) in [6.07, 6.45) is 1.60. The number of nitrogens with one attached hydrogen (secondary N) is 2. The van der Waals surface area contributed by atoms with Gasteiger partial charge in [0, 0.05) is 13.2 Å². The van der Waals surface area contributed by atoms with Crippen LogP contribution in [0.2, 0.25) is 0 Å². The molecule has 0 aliphatic heterocycles. The van der Waals surface area contributed by atoms with E-state index in [1.807, 2.05) is 26.0 Å². The summed E-state index contributed by atoms with van der Waals surface area (Å²) in [5.41, 5.74) is 3.49. The van der Waals surface area contributed by atoms with Crippen LogP contribution >= 0.6 is 12.2 Å². The van der Waals surface area contributed by atoms with Crippen LogP contribution in [0, 0.1) is 0 Å². The van der Waals surface area contributed by atoms with Gasteiger partial charge in [-0.15, -0.1) is 0 Å². The zero-order chi connectivity index (χ0) is 12.7. The zero-order valence-corrected chi connectivity index (χ0v) is 11.0. The molecule has 1 heterocycles. The van der Waals surface area contributed by atoms with Gasteiger partial charge >= 0.3 is 0 Å². The average Bonchev–Trinajstić information content (AvgIpc) is 2.79. The number of nitrogens with zero attached hydrogens (tertiary/aromatic N) is 1. The van der Waals surface area contributed by atoms with Crippen molar-refractivity contribution in [3.8, 4) is 0 Å². The molecule has 0 saturated carbocycles. The minimum atomic E-state index is 0.138. The number of furan rings is 1. The highest BCUT2D eigenvalue weighted by atomic mass is 32.1. The molecule has 0 aromatic carbocycles. The molecule has 0 aliphatic carbocycles. The van der Waals surface area contributed by atoms with E-state index in [0.717, 1.165) is 5.71 Å². The van der Waals surface area contributed by atoms with E-state index in [9.17, 15) is 0 Å². The predicted octanol–water partition coefficient (Wildman–Crippen LogP) is 1.50. The van der Waals surface area contributed by atoms with Crippen molar-refractivity contribution in [3.63, 3.8) is 0 Å². The first-order chi connectivity index (χ1) is 8.13. The molecule has 1 aromatic heterocycles. The van der Waals surface area contributed by atoms with Crippen LogP contribution in [0.25, 0.3) is 0 Å². The van der Waals surface area contributed by atoms with Crippen LogP contribution in [0.4, 0.5) is 0 Å². The third kappa shape index (κ3) is 4.97. The third-order valence-electron chi connectivity index (χ3n) is 2.00. The Morgan fingerprint density at radius 3 is 3.00 bits per heavy atom. The van der Waals surface area contributed by atoms with Gasteiger partial charge in [0.1, 0.15) is 11.5 Å². The maximum absolute atomic E-state index is 5.19. The second kappa shape index (κ2) is 7.03. The van der Waals surface area contributed by atoms with Crippen molar-refractivity contribution in [2.24, 2.45) is 5.10 Å². The van der Waals surface area contributed by atoms with Crippen LogP contribution in [0.3, 0.4) is 0 Å². The summed E-state index contributed by atoms with van der Waals surface area (Å²) in [7, 11) is 1.65. The summed E-state index contributed by atoms with van der Waals surface area (Å²) in [4.78, 5) is 0. The molecule has 0 spiro atoms. The molecule has 0 fully saturated rings. The molecule has 17 heavy (non-hydrogen) atoms. The molecule has 0 saturated heterocycles. The Hall–Kier alpha value is -1.40. The second-order valence-corrected chi connectivity index (χ2v) is 4.02. The highest BCUT2D eigenvalue weighted by molar-refractivity contribution is 7.80. The van der Waals surface area contributed by atoms with Crippen molar-refractivity contribution in [1.29, 1.82) is 0 Å². The first-order valence-electron chi connectivity index (χ1n) is 5.27. The lowest BCUT2D eigenvalue weighted by Crippen LogP contribution is -2.40. The first-order valence-corrected chi connectivity index (χ1v) is 5.68. The van der Waals surface area contributed by atoms with Crippen molar-refractivity contribution in [3.05, 3.63) is 24.2 Å². The van der Waals surface area contributed by atoms with Crippen LogP contribution in [-0.4, -0.2) is 30.6 Å². The van der Waals surface area contributed by atoms with E-state index < -0.39 is 0 Å². The number of rotatable bonds is 5. The Kier molecular flexibility index (Phi) is 5.65. The molecule has 6 heteroatoms. The molecule has 0 radical (unpaired) electrons. The van der Waals surface area contributed by atoms with E-state index in [0.29, 0.717) is 17.5 Å². The number of thiocarbonyl (C=S) groups is 1. The molecule has 0 amide bonds. The van der Waals surface area contributed by atoms with Gasteiger partial charge in [0.25, 0.3) is 0 Å². The van der Waals surface area contributed by atoms with Crippen molar-refractivity contribution < 1.29 is 9.15 Å². The summed E-state index contributed by atoms with van der Waals surface area (Å²) >= 11 is 5.08. The SMILES string of the molecule is COC[C@H](C)NC(=S)N/N=C(/C)c1ccco1. The topological polar surface area (TPSA) is 58.8 Å². The Balaban J connectivity index is 2.39. The predicted molar refractivity (Wildman–Crippen MR) is 71.1 cm³/mol. The summed E-state index contributed by atoms with van der Waals surface area (Å²) < 4.78 is 10.2. The van der Waals surface area contributed by atoms with E-state index >= 15 is 0 Å². The largest absolute Gasteiger partial charge is 0.463 e. The Labute approximate surface area is 106 Å². The quantitative estimate of drug-likeness (QED) is 0.474. The van der Waals surface area contributed by atoms with Crippen LogP contribution in [0.5, 0.6) is 0 Å².